The van der Waals surface area contributed by atoms with Crippen LogP contribution in [0.5, 0.6) is 0 Å². The van der Waals surface area contributed by atoms with Crippen molar-refractivity contribution < 1.29 is 4.79 Å². The topological polar surface area (TPSA) is 32.3 Å². The molecule has 1 N–H and O–H groups in total. The van der Waals surface area contributed by atoms with Gasteiger partial charge in [-0.05, 0) is 61.8 Å². The molecule has 1 saturated carbocycles. The molecule has 3 aliphatic rings. The quantitative estimate of drug-likeness (QED) is 0.897. The maximum absolute atomic E-state index is 12.4. The molecule has 0 radical (unpaired) electrons. The molecule has 1 amide bonds. The molecule has 2 aliphatic carbocycles. The van der Waals surface area contributed by atoms with E-state index in [1.165, 1.54) is 43.2 Å². The number of fused-ring (bicyclic) bond motifs is 1. The van der Waals surface area contributed by atoms with Gasteiger partial charge in [-0.25, -0.2) is 0 Å². The summed E-state index contributed by atoms with van der Waals surface area (Å²) in [6.45, 7) is 0.863. The van der Waals surface area contributed by atoms with E-state index in [9.17, 15) is 4.79 Å². The first-order valence-electron chi connectivity index (χ1n) is 7.50. The number of hydrogen-bond acceptors (Lipinski definition) is 2. The number of anilines is 1. The highest BCUT2D eigenvalue weighted by atomic mass is 16.2. The molecule has 3 heteroatoms. The van der Waals surface area contributed by atoms with E-state index in [4.69, 9.17) is 0 Å². The summed E-state index contributed by atoms with van der Waals surface area (Å²) in [6, 6.07) is 7.24. The Balaban J connectivity index is 1.54. The molecular weight excluding hydrogens is 236 g/mol. The van der Waals surface area contributed by atoms with Crippen molar-refractivity contribution in [3.63, 3.8) is 0 Å². The van der Waals surface area contributed by atoms with Gasteiger partial charge in [0.15, 0.2) is 0 Å². The molecule has 0 spiro atoms. The third-order valence-electron chi connectivity index (χ3n) is 4.61. The van der Waals surface area contributed by atoms with E-state index < -0.39 is 0 Å². The van der Waals surface area contributed by atoms with Crippen molar-refractivity contribution in [1.29, 1.82) is 0 Å². The molecule has 1 unspecified atom stereocenters. The average molecular weight is 256 g/mol. The lowest BCUT2D eigenvalue weighted by Gasteiger charge is -2.18. The number of carbonyl (C=O) groups is 1. The van der Waals surface area contributed by atoms with Crippen LogP contribution < -0.4 is 10.2 Å². The van der Waals surface area contributed by atoms with Gasteiger partial charge in [-0.15, -0.1) is 0 Å². The monoisotopic (exact) mass is 256 g/mol. The third kappa shape index (κ3) is 2.06. The molecule has 1 atom stereocenters. The molecule has 1 aliphatic heterocycles. The Hall–Kier alpha value is -1.35. The van der Waals surface area contributed by atoms with E-state index in [0.717, 1.165) is 18.7 Å². The molecule has 1 saturated heterocycles. The summed E-state index contributed by atoms with van der Waals surface area (Å²) < 4.78 is 0. The van der Waals surface area contributed by atoms with Crippen LogP contribution in [0.3, 0.4) is 0 Å². The van der Waals surface area contributed by atoms with Crippen molar-refractivity contribution in [1.82, 2.24) is 5.32 Å². The van der Waals surface area contributed by atoms with Crippen molar-refractivity contribution in [3.8, 4) is 0 Å². The molecule has 0 bridgehead atoms. The molecule has 2 fully saturated rings. The number of amides is 1. The van der Waals surface area contributed by atoms with Gasteiger partial charge in [-0.2, -0.15) is 0 Å². The number of rotatable bonds is 3. The largest absolute Gasteiger partial charge is 0.311 e. The Morgan fingerprint density at radius 2 is 1.95 bits per heavy atom. The van der Waals surface area contributed by atoms with Gasteiger partial charge in [-0.3, -0.25) is 4.79 Å². The zero-order valence-corrected chi connectivity index (χ0v) is 11.2. The lowest BCUT2D eigenvalue weighted by molar-refractivity contribution is -0.118. The highest BCUT2D eigenvalue weighted by Crippen LogP contribution is 2.30. The third-order valence-corrected chi connectivity index (χ3v) is 4.61. The molecule has 0 aromatic heterocycles. The van der Waals surface area contributed by atoms with E-state index in [1.807, 2.05) is 4.90 Å². The Morgan fingerprint density at radius 1 is 1.11 bits per heavy atom. The van der Waals surface area contributed by atoms with Crippen molar-refractivity contribution in [2.45, 2.75) is 50.6 Å². The molecule has 1 heterocycles. The van der Waals surface area contributed by atoms with Crippen LogP contribution in [-0.2, 0) is 17.6 Å². The molecule has 19 heavy (non-hydrogen) atoms. The number of nitrogens with zero attached hydrogens (tertiary/aromatic N) is 1. The van der Waals surface area contributed by atoms with E-state index >= 15 is 0 Å². The lowest BCUT2D eigenvalue weighted by Crippen LogP contribution is -2.39. The molecule has 3 nitrogen and oxygen atoms in total. The van der Waals surface area contributed by atoms with Gasteiger partial charge in [0.2, 0.25) is 5.91 Å². The Kier molecular flexibility index (Phi) is 2.62. The van der Waals surface area contributed by atoms with E-state index in [2.05, 4.69) is 23.5 Å². The zero-order chi connectivity index (χ0) is 12.8. The number of carbonyl (C=O) groups excluding carboxylic acids is 1. The van der Waals surface area contributed by atoms with Gasteiger partial charge in [-0.1, -0.05) is 6.07 Å². The van der Waals surface area contributed by atoms with Crippen LogP contribution >= 0.6 is 0 Å². The number of hydrogen-bond donors (Lipinski definition) is 1. The van der Waals surface area contributed by atoms with E-state index in [1.54, 1.807) is 0 Å². The molecule has 4 rings (SSSR count). The Bertz CT molecular complexity index is 521. The summed E-state index contributed by atoms with van der Waals surface area (Å²) in [7, 11) is 0. The fourth-order valence-electron chi connectivity index (χ4n) is 3.35. The number of benzene rings is 1. The van der Waals surface area contributed by atoms with Crippen molar-refractivity contribution >= 4 is 11.6 Å². The second-order valence-electron chi connectivity index (χ2n) is 6.08. The number of aryl methyl sites for hydroxylation is 2. The van der Waals surface area contributed by atoms with Crippen LogP contribution in [0.15, 0.2) is 18.2 Å². The van der Waals surface area contributed by atoms with Gasteiger partial charge >= 0.3 is 0 Å². The minimum atomic E-state index is 0.0563. The summed E-state index contributed by atoms with van der Waals surface area (Å²) in [4.78, 5) is 14.4. The molecular formula is C16H20N2O. The van der Waals surface area contributed by atoms with Crippen molar-refractivity contribution in [2.75, 3.05) is 11.4 Å². The van der Waals surface area contributed by atoms with Crippen molar-refractivity contribution in [3.05, 3.63) is 29.3 Å². The summed E-state index contributed by atoms with van der Waals surface area (Å²) in [5.41, 5.74) is 4.03. The fourth-order valence-corrected chi connectivity index (χ4v) is 3.35. The summed E-state index contributed by atoms with van der Waals surface area (Å²) in [5, 5.41) is 3.46. The highest BCUT2D eigenvalue weighted by molar-refractivity contribution is 5.99. The highest BCUT2D eigenvalue weighted by Gasteiger charge is 2.36. The van der Waals surface area contributed by atoms with Crippen molar-refractivity contribution in [2.24, 2.45) is 0 Å². The van der Waals surface area contributed by atoms with Gasteiger partial charge < -0.3 is 10.2 Å². The minimum Gasteiger partial charge on any atom is -0.311 e. The Labute approximate surface area is 114 Å². The fraction of sp³-hybridized carbons (Fsp3) is 0.562. The van der Waals surface area contributed by atoms with Crippen LogP contribution in [0.1, 0.15) is 36.8 Å². The van der Waals surface area contributed by atoms with Crippen LogP contribution in [0.25, 0.3) is 0 Å². The van der Waals surface area contributed by atoms with Crippen LogP contribution in [0.4, 0.5) is 5.69 Å². The smallest absolute Gasteiger partial charge is 0.244 e. The maximum atomic E-state index is 12.4. The summed E-state index contributed by atoms with van der Waals surface area (Å²) >= 11 is 0. The maximum Gasteiger partial charge on any atom is 0.244 e. The standard InChI is InChI=1S/C16H20N2O/c19-16-15(17-13-5-6-13)8-9-18(16)14-7-4-11-2-1-3-12(11)10-14/h4,7,10,13,15,17H,1-3,5-6,8-9H2. The van der Waals surface area contributed by atoms with Crippen LogP contribution in [0, 0.1) is 0 Å². The minimum absolute atomic E-state index is 0.0563. The summed E-state index contributed by atoms with van der Waals surface area (Å²) in [6.07, 6.45) is 7.07. The zero-order valence-electron chi connectivity index (χ0n) is 11.2. The van der Waals surface area contributed by atoms with Gasteiger partial charge in [0.05, 0.1) is 6.04 Å². The van der Waals surface area contributed by atoms with Gasteiger partial charge in [0.25, 0.3) is 0 Å². The molecule has 1 aromatic carbocycles. The lowest BCUT2D eigenvalue weighted by atomic mass is 10.1. The second-order valence-corrected chi connectivity index (χ2v) is 6.08. The second kappa shape index (κ2) is 4.34. The SMILES string of the molecule is O=C1C(NC2CC2)CCN1c1ccc2c(c1)CCC2. The van der Waals surface area contributed by atoms with Crippen LogP contribution in [0.2, 0.25) is 0 Å². The van der Waals surface area contributed by atoms with Gasteiger partial charge in [0, 0.05) is 18.3 Å². The predicted octanol–water partition coefficient (Wildman–Crippen LogP) is 2.03. The number of nitrogens with one attached hydrogen (secondary N) is 1. The first-order chi connectivity index (χ1) is 9.31. The normalized spacial score (nSPS) is 26.0. The van der Waals surface area contributed by atoms with Crippen LogP contribution in [-0.4, -0.2) is 24.5 Å². The predicted molar refractivity (Wildman–Crippen MR) is 75.4 cm³/mol. The summed E-state index contributed by atoms with van der Waals surface area (Å²) in [5.74, 6) is 0.268. The van der Waals surface area contributed by atoms with E-state index in [-0.39, 0.29) is 11.9 Å². The first-order valence-corrected chi connectivity index (χ1v) is 7.50. The molecule has 1 aromatic rings. The first kappa shape index (κ1) is 11.5. The van der Waals surface area contributed by atoms with E-state index in [0.29, 0.717) is 6.04 Å². The Morgan fingerprint density at radius 3 is 2.79 bits per heavy atom. The average Bonchev–Trinajstić information content (AvgIpc) is 2.98. The van der Waals surface area contributed by atoms with Gasteiger partial charge in [0.1, 0.15) is 0 Å². The molecule has 100 valence electrons.